The zero-order valence-electron chi connectivity index (χ0n) is 17.6. The van der Waals surface area contributed by atoms with E-state index in [0.29, 0.717) is 19.4 Å². The summed E-state index contributed by atoms with van der Waals surface area (Å²) in [5.74, 6) is -1.43. The maximum atomic E-state index is 13.2. The van der Waals surface area contributed by atoms with Gasteiger partial charge in [0.1, 0.15) is 17.7 Å². The number of hydrogen-bond donors (Lipinski definition) is 2. The molecule has 0 aromatic heterocycles. The van der Waals surface area contributed by atoms with Crippen LogP contribution in [0.1, 0.15) is 39.2 Å². The van der Waals surface area contributed by atoms with Gasteiger partial charge >= 0.3 is 12.1 Å². The summed E-state index contributed by atoms with van der Waals surface area (Å²) in [6, 6.07) is 12.0. The molecule has 3 rings (SSSR count). The first-order valence-electron chi connectivity index (χ1n) is 10.1. The predicted octanol–water partition coefficient (Wildman–Crippen LogP) is 3.35. The Morgan fingerprint density at radius 2 is 1.87 bits per heavy atom. The SMILES string of the molecule is CC(C)(C)OC(=O)NC(Cc1ccc2ccccc2c1)C(=O)N1CCC[C@H]1C(=O)O. The van der Waals surface area contributed by atoms with Gasteiger partial charge in [0, 0.05) is 13.0 Å². The van der Waals surface area contributed by atoms with Crippen molar-refractivity contribution in [3.63, 3.8) is 0 Å². The summed E-state index contributed by atoms with van der Waals surface area (Å²) in [5.41, 5.74) is 0.159. The summed E-state index contributed by atoms with van der Waals surface area (Å²) < 4.78 is 5.33. The zero-order chi connectivity index (χ0) is 21.9. The normalized spacial score (nSPS) is 17.6. The summed E-state index contributed by atoms with van der Waals surface area (Å²) in [6.45, 7) is 5.59. The number of alkyl carbamates (subject to hydrolysis) is 1. The van der Waals surface area contributed by atoms with Gasteiger partial charge in [-0.2, -0.15) is 0 Å². The average Bonchev–Trinajstić information content (AvgIpc) is 3.15. The van der Waals surface area contributed by atoms with Gasteiger partial charge in [-0.3, -0.25) is 4.79 Å². The van der Waals surface area contributed by atoms with Crippen molar-refractivity contribution < 1.29 is 24.2 Å². The third kappa shape index (κ3) is 5.28. The molecule has 0 aliphatic carbocycles. The molecule has 7 heteroatoms. The van der Waals surface area contributed by atoms with Crippen molar-refractivity contribution in [2.45, 2.75) is 57.7 Å². The van der Waals surface area contributed by atoms with E-state index in [2.05, 4.69) is 5.32 Å². The number of aliphatic carboxylic acids is 1. The van der Waals surface area contributed by atoms with Crippen LogP contribution in [-0.2, 0) is 20.7 Å². The van der Waals surface area contributed by atoms with Crippen molar-refractivity contribution >= 4 is 28.7 Å². The molecule has 2 N–H and O–H groups in total. The van der Waals surface area contributed by atoms with E-state index in [4.69, 9.17) is 4.74 Å². The molecule has 1 unspecified atom stereocenters. The van der Waals surface area contributed by atoms with E-state index in [-0.39, 0.29) is 6.42 Å². The predicted molar refractivity (Wildman–Crippen MR) is 113 cm³/mol. The number of ether oxygens (including phenoxy) is 1. The molecule has 160 valence electrons. The Morgan fingerprint density at radius 3 is 2.53 bits per heavy atom. The number of hydrogen-bond acceptors (Lipinski definition) is 4. The van der Waals surface area contributed by atoms with Gasteiger partial charge in [0.2, 0.25) is 5.91 Å². The molecule has 1 heterocycles. The number of fused-ring (bicyclic) bond motifs is 1. The van der Waals surface area contributed by atoms with Crippen LogP contribution in [0.15, 0.2) is 42.5 Å². The quantitative estimate of drug-likeness (QED) is 0.785. The first-order valence-corrected chi connectivity index (χ1v) is 10.1. The third-order valence-corrected chi connectivity index (χ3v) is 5.06. The van der Waals surface area contributed by atoms with Crippen molar-refractivity contribution in [1.29, 1.82) is 0 Å². The molecule has 2 atom stereocenters. The second kappa shape index (κ2) is 8.73. The first-order chi connectivity index (χ1) is 14.1. The van der Waals surface area contributed by atoms with Crippen molar-refractivity contribution in [2.24, 2.45) is 0 Å². The second-order valence-corrected chi connectivity index (χ2v) is 8.61. The molecular weight excluding hydrogens is 384 g/mol. The van der Waals surface area contributed by atoms with Gasteiger partial charge in [0.25, 0.3) is 0 Å². The number of likely N-dealkylation sites (tertiary alicyclic amines) is 1. The van der Waals surface area contributed by atoms with Crippen LogP contribution in [0.25, 0.3) is 10.8 Å². The molecule has 30 heavy (non-hydrogen) atoms. The number of nitrogens with one attached hydrogen (secondary N) is 1. The fourth-order valence-corrected chi connectivity index (χ4v) is 3.74. The van der Waals surface area contributed by atoms with Gasteiger partial charge in [0.15, 0.2) is 0 Å². The van der Waals surface area contributed by atoms with E-state index < -0.39 is 35.7 Å². The van der Waals surface area contributed by atoms with Crippen molar-refractivity contribution in [3.05, 3.63) is 48.0 Å². The van der Waals surface area contributed by atoms with E-state index >= 15 is 0 Å². The number of carbonyl (C=O) groups excluding carboxylic acids is 2. The van der Waals surface area contributed by atoms with Gasteiger partial charge < -0.3 is 20.1 Å². The molecular formula is C23H28N2O5. The standard InChI is InChI=1S/C23H28N2O5/c1-23(2,3)30-22(29)24-18(20(26)25-12-6-9-19(25)21(27)28)14-15-10-11-16-7-4-5-8-17(16)13-15/h4-5,7-8,10-11,13,18-19H,6,9,12,14H2,1-3H3,(H,24,29)(H,27,28)/t18?,19-/m0/s1. The lowest BCUT2D eigenvalue weighted by molar-refractivity contribution is -0.149. The number of carbonyl (C=O) groups is 3. The summed E-state index contributed by atoms with van der Waals surface area (Å²) in [7, 11) is 0. The van der Waals surface area contributed by atoms with Crippen LogP contribution in [0.4, 0.5) is 4.79 Å². The minimum atomic E-state index is -1.03. The van der Waals surface area contributed by atoms with Crippen LogP contribution in [0.3, 0.4) is 0 Å². The smallest absolute Gasteiger partial charge is 0.408 e. The molecule has 1 saturated heterocycles. The van der Waals surface area contributed by atoms with Crippen LogP contribution < -0.4 is 5.32 Å². The lowest BCUT2D eigenvalue weighted by Gasteiger charge is -2.28. The lowest BCUT2D eigenvalue weighted by Crippen LogP contribution is -2.53. The van der Waals surface area contributed by atoms with Crippen molar-refractivity contribution in [2.75, 3.05) is 6.54 Å². The minimum Gasteiger partial charge on any atom is -0.480 e. The molecule has 0 bridgehead atoms. The first kappa shape index (κ1) is 21.6. The number of carboxylic acids is 1. The highest BCUT2D eigenvalue weighted by molar-refractivity contribution is 5.90. The van der Waals surface area contributed by atoms with E-state index in [0.717, 1.165) is 16.3 Å². The van der Waals surface area contributed by atoms with Gasteiger partial charge in [-0.1, -0.05) is 42.5 Å². The van der Waals surface area contributed by atoms with E-state index in [9.17, 15) is 19.5 Å². The van der Waals surface area contributed by atoms with E-state index in [1.165, 1.54) is 4.90 Å². The summed E-state index contributed by atoms with van der Waals surface area (Å²) >= 11 is 0. The number of rotatable bonds is 5. The maximum absolute atomic E-state index is 13.2. The Morgan fingerprint density at radius 1 is 1.17 bits per heavy atom. The van der Waals surface area contributed by atoms with Gasteiger partial charge in [0.05, 0.1) is 0 Å². The molecule has 7 nitrogen and oxygen atoms in total. The summed E-state index contributed by atoms with van der Waals surface area (Å²) in [6.07, 6.45) is 0.576. The van der Waals surface area contributed by atoms with Crippen molar-refractivity contribution in [3.8, 4) is 0 Å². The van der Waals surface area contributed by atoms with Gasteiger partial charge in [-0.25, -0.2) is 9.59 Å². The molecule has 0 saturated carbocycles. The Bertz CT molecular complexity index is 950. The number of carboxylic acid groups (broad SMARTS) is 1. The van der Waals surface area contributed by atoms with Crippen LogP contribution in [0.2, 0.25) is 0 Å². The fourth-order valence-electron chi connectivity index (χ4n) is 3.74. The largest absolute Gasteiger partial charge is 0.480 e. The zero-order valence-corrected chi connectivity index (χ0v) is 17.6. The van der Waals surface area contributed by atoms with Gasteiger partial charge in [-0.15, -0.1) is 0 Å². The van der Waals surface area contributed by atoms with E-state index in [1.54, 1.807) is 20.8 Å². The number of nitrogens with zero attached hydrogens (tertiary/aromatic N) is 1. The molecule has 2 aromatic rings. The van der Waals surface area contributed by atoms with Crippen molar-refractivity contribution in [1.82, 2.24) is 10.2 Å². The third-order valence-electron chi connectivity index (χ3n) is 5.06. The molecule has 1 aliphatic heterocycles. The molecule has 0 spiro atoms. The average molecular weight is 412 g/mol. The maximum Gasteiger partial charge on any atom is 0.408 e. The Hall–Kier alpha value is -3.09. The minimum absolute atomic E-state index is 0.242. The molecule has 1 fully saturated rings. The highest BCUT2D eigenvalue weighted by Gasteiger charge is 2.38. The number of amides is 2. The molecule has 2 aromatic carbocycles. The van der Waals surface area contributed by atoms with Crippen LogP contribution in [0.5, 0.6) is 0 Å². The monoisotopic (exact) mass is 412 g/mol. The summed E-state index contributed by atoms with van der Waals surface area (Å²) in [4.78, 5) is 38.5. The van der Waals surface area contributed by atoms with Crippen LogP contribution >= 0.6 is 0 Å². The fraction of sp³-hybridized carbons (Fsp3) is 0.435. The lowest BCUT2D eigenvalue weighted by atomic mass is 10.0. The topological polar surface area (TPSA) is 95.9 Å². The van der Waals surface area contributed by atoms with E-state index in [1.807, 2.05) is 42.5 Å². The van der Waals surface area contributed by atoms with Gasteiger partial charge in [-0.05, 0) is 49.9 Å². The molecule has 0 radical (unpaired) electrons. The Labute approximate surface area is 176 Å². The number of benzene rings is 2. The van der Waals surface area contributed by atoms with Crippen LogP contribution in [-0.4, -0.2) is 52.2 Å². The molecule has 1 aliphatic rings. The van der Waals surface area contributed by atoms with Crippen LogP contribution in [0, 0.1) is 0 Å². The Kier molecular flexibility index (Phi) is 6.29. The highest BCUT2D eigenvalue weighted by Crippen LogP contribution is 2.21. The highest BCUT2D eigenvalue weighted by atomic mass is 16.6. The molecule has 2 amide bonds. The summed E-state index contributed by atoms with van der Waals surface area (Å²) in [5, 5.41) is 14.2. The second-order valence-electron chi connectivity index (χ2n) is 8.61. The Balaban J connectivity index is 1.85.